The van der Waals surface area contributed by atoms with Crippen molar-refractivity contribution in [3.05, 3.63) is 0 Å². The molecule has 4 nitrogen and oxygen atoms in total. The Balaban J connectivity index is 3.27. The molecular weight excluding hydrogens is 168 g/mol. The van der Waals surface area contributed by atoms with Crippen LogP contribution in [0.1, 0.15) is 19.8 Å². The summed E-state index contributed by atoms with van der Waals surface area (Å²) in [4.78, 5) is 11.2. The van der Waals surface area contributed by atoms with E-state index in [0.29, 0.717) is 13.1 Å². The summed E-state index contributed by atoms with van der Waals surface area (Å²) in [5, 5.41) is 2.82. The van der Waals surface area contributed by atoms with Crippen molar-refractivity contribution in [2.45, 2.75) is 19.8 Å². The number of amides is 1. The first-order chi connectivity index (χ1) is 6.22. The molecule has 0 saturated carbocycles. The van der Waals surface area contributed by atoms with E-state index in [9.17, 15) is 4.79 Å². The standard InChI is InChI=1S/C9H20N2O2/c1-8(7-10)9(12)11-5-3-4-6-13-2/h8H,3-7,10H2,1-2H3,(H,11,12). The third-order valence-electron chi connectivity index (χ3n) is 1.88. The van der Waals surface area contributed by atoms with E-state index in [1.54, 1.807) is 7.11 Å². The highest BCUT2D eigenvalue weighted by Crippen LogP contribution is 1.92. The van der Waals surface area contributed by atoms with Crippen LogP contribution in [0.2, 0.25) is 0 Å². The zero-order valence-electron chi connectivity index (χ0n) is 8.51. The first-order valence-electron chi connectivity index (χ1n) is 4.69. The lowest BCUT2D eigenvalue weighted by Gasteiger charge is -2.09. The summed E-state index contributed by atoms with van der Waals surface area (Å²) in [6.45, 7) is 3.70. The van der Waals surface area contributed by atoms with Gasteiger partial charge in [-0.3, -0.25) is 4.79 Å². The largest absolute Gasteiger partial charge is 0.385 e. The molecule has 0 radical (unpaired) electrons. The zero-order valence-corrected chi connectivity index (χ0v) is 8.51. The maximum absolute atomic E-state index is 11.2. The van der Waals surface area contributed by atoms with E-state index in [2.05, 4.69) is 5.32 Å². The van der Waals surface area contributed by atoms with Crippen molar-refractivity contribution < 1.29 is 9.53 Å². The fourth-order valence-corrected chi connectivity index (χ4v) is 0.864. The fourth-order valence-electron chi connectivity index (χ4n) is 0.864. The molecule has 4 heteroatoms. The van der Waals surface area contributed by atoms with Gasteiger partial charge in [0, 0.05) is 32.7 Å². The quantitative estimate of drug-likeness (QED) is 0.558. The Labute approximate surface area is 79.8 Å². The number of nitrogens with one attached hydrogen (secondary N) is 1. The second-order valence-corrected chi connectivity index (χ2v) is 3.13. The molecule has 0 spiro atoms. The Morgan fingerprint density at radius 1 is 1.54 bits per heavy atom. The number of carbonyl (C=O) groups is 1. The van der Waals surface area contributed by atoms with Gasteiger partial charge in [-0.05, 0) is 12.8 Å². The van der Waals surface area contributed by atoms with Crippen LogP contribution in [0.4, 0.5) is 0 Å². The molecule has 0 aliphatic rings. The summed E-state index contributed by atoms with van der Waals surface area (Å²) < 4.78 is 4.88. The van der Waals surface area contributed by atoms with Crippen LogP contribution in [0, 0.1) is 5.92 Å². The Morgan fingerprint density at radius 2 is 2.23 bits per heavy atom. The molecule has 0 aromatic heterocycles. The van der Waals surface area contributed by atoms with Crippen molar-refractivity contribution in [3.8, 4) is 0 Å². The van der Waals surface area contributed by atoms with Crippen LogP contribution < -0.4 is 11.1 Å². The average molecular weight is 188 g/mol. The van der Waals surface area contributed by atoms with Gasteiger partial charge in [0.25, 0.3) is 0 Å². The van der Waals surface area contributed by atoms with Gasteiger partial charge in [0.1, 0.15) is 0 Å². The second kappa shape index (κ2) is 8.01. The molecule has 78 valence electrons. The van der Waals surface area contributed by atoms with Crippen LogP contribution in [-0.4, -0.2) is 32.7 Å². The Kier molecular flexibility index (Phi) is 7.63. The van der Waals surface area contributed by atoms with Crippen LogP contribution >= 0.6 is 0 Å². The number of nitrogens with two attached hydrogens (primary N) is 1. The molecule has 0 fully saturated rings. The minimum atomic E-state index is -0.0811. The van der Waals surface area contributed by atoms with Crippen molar-refractivity contribution in [2.24, 2.45) is 11.7 Å². The zero-order chi connectivity index (χ0) is 10.1. The van der Waals surface area contributed by atoms with Gasteiger partial charge in [0.05, 0.1) is 0 Å². The lowest BCUT2D eigenvalue weighted by molar-refractivity contribution is -0.124. The van der Waals surface area contributed by atoms with Crippen molar-refractivity contribution in [3.63, 3.8) is 0 Å². The van der Waals surface area contributed by atoms with Crippen LogP contribution in [0.15, 0.2) is 0 Å². The highest BCUT2D eigenvalue weighted by molar-refractivity contribution is 5.78. The van der Waals surface area contributed by atoms with Gasteiger partial charge in [-0.15, -0.1) is 0 Å². The second-order valence-electron chi connectivity index (χ2n) is 3.13. The summed E-state index contributed by atoms with van der Waals surface area (Å²) in [6.07, 6.45) is 1.94. The molecule has 13 heavy (non-hydrogen) atoms. The number of carbonyl (C=O) groups excluding carboxylic acids is 1. The molecule has 1 amide bonds. The average Bonchev–Trinajstić information content (AvgIpc) is 2.16. The topological polar surface area (TPSA) is 64.3 Å². The molecule has 0 aromatic carbocycles. The van der Waals surface area contributed by atoms with Crippen molar-refractivity contribution >= 4 is 5.91 Å². The lowest BCUT2D eigenvalue weighted by Crippen LogP contribution is -2.33. The summed E-state index contributed by atoms with van der Waals surface area (Å²) in [6, 6.07) is 0. The summed E-state index contributed by atoms with van der Waals surface area (Å²) in [5.41, 5.74) is 5.34. The number of hydrogen-bond acceptors (Lipinski definition) is 3. The summed E-state index contributed by atoms with van der Waals surface area (Å²) in [5.74, 6) is -0.0395. The molecule has 1 atom stereocenters. The van der Waals surface area contributed by atoms with Gasteiger partial charge in [-0.1, -0.05) is 6.92 Å². The molecule has 0 bridgehead atoms. The van der Waals surface area contributed by atoms with E-state index in [1.165, 1.54) is 0 Å². The molecule has 1 unspecified atom stereocenters. The van der Waals surface area contributed by atoms with E-state index in [-0.39, 0.29) is 11.8 Å². The number of methoxy groups -OCH3 is 1. The van der Waals surface area contributed by atoms with Gasteiger partial charge >= 0.3 is 0 Å². The van der Waals surface area contributed by atoms with E-state index in [4.69, 9.17) is 10.5 Å². The lowest BCUT2D eigenvalue weighted by atomic mass is 10.1. The van der Waals surface area contributed by atoms with Crippen molar-refractivity contribution in [2.75, 3.05) is 26.8 Å². The number of hydrogen-bond donors (Lipinski definition) is 2. The Bertz CT molecular complexity index is 140. The SMILES string of the molecule is COCCCCNC(=O)C(C)CN. The highest BCUT2D eigenvalue weighted by Gasteiger charge is 2.08. The predicted octanol–water partition coefficient (Wildman–Crippen LogP) is 0.124. The van der Waals surface area contributed by atoms with Crippen LogP contribution in [0.3, 0.4) is 0 Å². The number of rotatable bonds is 7. The predicted molar refractivity (Wildman–Crippen MR) is 52.3 cm³/mol. The van der Waals surface area contributed by atoms with Crippen LogP contribution in [0.25, 0.3) is 0 Å². The van der Waals surface area contributed by atoms with E-state index in [0.717, 1.165) is 19.4 Å². The summed E-state index contributed by atoms with van der Waals surface area (Å²) >= 11 is 0. The Hall–Kier alpha value is -0.610. The molecule has 0 saturated heterocycles. The van der Waals surface area contributed by atoms with Crippen LogP contribution in [0.5, 0.6) is 0 Å². The monoisotopic (exact) mass is 188 g/mol. The first kappa shape index (κ1) is 12.4. The minimum absolute atomic E-state index is 0.0416. The first-order valence-corrected chi connectivity index (χ1v) is 4.69. The molecule has 3 N–H and O–H groups in total. The van der Waals surface area contributed by atoms with Crippen molar-refractivity contribution in [1.29, 1.82) is 0 Å². The molecule has 0 aromatic rings. The maximum atomic E-state index is 11.2. The molecule has 0 aliphatic heterocycles. The van der Waals surface area contributed by atoms with Gasteiger partial charge in [-0.2, -0.15) is 0 Å². The third kappa shape index (κ3) is 6.54. The van der Waals surface area contributed by atoms with Gasteiger partial charge in [-0.25, -0.2) is 0 Å². The molecule has 0 rings (SSSR count). The third-order valence-corrected chi connectivity index (χ3v) is 1.88. The maximum Gasteiger partial charge on any atom is 0.224 e. The van der Waals surface area contributed by atoms with E-state index >= 15 is 0 Å². The highest BCUT2D eigenvalue weighted by atomic mass is 16.5. The number of ether oxygens (including phenoxy) is 1. The molecule has 0 aliphatic carbocycles. The van der Waals surface area contributed by atoms with Crippen LogP contribution in [-0.2, 0) is 9.53 Å². The van der Waals surface area contributed by atoms with Gasteiger partial charge in [0.2, 0.25) is 5.91 Å². The van der Waals surface area contributed by atoms with Gasteiger partial charge < -0.3 is 15.8 Å². The van der Waals surface area contributed by atoms with E-state index in [1.807, 2.05) is 6.92 Å². The summed E-state index contributed by atoms with van der Waals surface area (Å²) in [7, 11) is 1.68. The fraction of sp³-hybridized carbons (Fsp3) is 0.889. The minimum Gasteiger partial charge on any atom is -0.385 e. The van der Waals surface area contributed by atoms with Gasteiger partial charge in [0.15, 0.2) is 0 Å². The normalized spacial score (nSPS) is 12.5. The van der Waals surface area contributed by atoms with E-state index < -0.39 is 0 Å². The van der Waals surface area contributed by atoms with Crippen molar-refractivity contribution in [1.82, 2.24) is 5.32 Å². The smallest absolute Gasteiger partial charge is 0.224 e. The molecule has 0 heterocycles. The molecular formula is C9H20N2O2. The number of unbranched alkanes of at least 4 members (excludes halogenated alkanes) is 1. The Morgan fingerprint density at radius 3 is 2.77 bits per heavy atom.